The molecule has 5 nitrogen and oxygen atoms in total. The zero-order valence-electron chi connectivity index (χ0n) is 12.0. The van der Waals surface area contributed by atoms with Gasteiger partial charge in [-0.1, -0.05) is 37.2 Å². The highest BCUT2D eigenvalue weighted by molar-refractivity contribution is 7.91. The summed E-state index contributed by atoms with van der Waals surface area (Å²) in [6, 6.07) is 6.89. The second-order valence-electron chi connectivity index (χ2n) is 5.10. The Balaban J connectivity index is 2.41. The monoisotopic (exact) mass is 294 g/mol. The molecule has 1 aromatic carbocycles. The lowest BCUT2D eigenvalue weighted by molar-refractivity contribution is 0.369. The predicted molar refractivity (Wildman–Crippen MR) is 75.2 cm³/mol. The lowest BCUT2D eigenvalue weighted by Gasteiger charge is -2.11. The zero-order valence-corrected chi connectivity index (χ0v) is 12.8. The standard InChI is InChI=1S/C14H18N2O3S/c1-9(2)13-15-14(19-16-13)11(4)20(17,18)12-8-6-5-7-10(12)3/h5-9,11H,1-4H3. The first-order valence-corrected chi connectivity index (χ1v) is 8.01. The van der Waals surface area contributed by atoms with Crippen LogP contribution in [0.5, 0.6) is 0 Å². The van der Waals surface area contributed by atoms with Gasteiger partial charge in [0, 0.05) is 5.92 Å². The van der Waals surface area contributed by atoms with Gasteiger partial charge in [-0.3, -0.25) is 0 Å². The minimum absolute atomic E-state index is 0.0980. The molecule has 2 rings (SSSR count). The molecule has 1 unspecified atom stereocenters. The van der Waals surface area contributed by atoms with Crippen LogP contribution in [0.15, 0.2) is 33.7 Å². The zero-order chi connectivity index (χ0) is 14.9. The second-order valence-corrected chi connectivity index (χ2v) is 7.34. The minimum Gasteiger partial charge on any atom is -0.338 e. The molecule has 1 heterocycles. The van der Waals surface area contributed by atoms with Crippen molar-refractivity contribution in [3.8, 4) is 0 Å². The average molecular weight is 294 g/mol. The smallest absolute Gasteiger partial charge is 0.245 e. The molecule has 0 aliphatic carbocycles. The number of hydrogen-bond acceptors (Lipinski definition) is 5. The van der Waals surface area contributed by atoms with Crippen LogP contribution in [0.4, 0.5) is 0 Å². The largest absolute Gasteiger partial charge is 0.338 e. The van der Waals surface area contributed by atoms with Gasteiger partial charge in [0.15, 0.2) is 15.7 Å². The maximum atomic E-state index is 12.6. The van der Waals surface area contributed by atoms with E-state index in [2.05, 4.69) is 10.1 Å². The van der Waals surface area contributed by atoms with Gasteiger partial charge in [-0.2, -0.15) is 4.98 Å². The highest BCUT2D eigenvalue weighted by Gasteiger charge is 2.31. The number of hydrogen-bond donors (Lipinski definition) is 0. The van der Waals surface area contributed by atoms with Gasteiger partial charge in [0.25, 0.3) is 0 Å². The fraction of sp³-hybridized carbons (Fsp3) is 0.429. The van der Waals surface area contributed by atoms with Crippen LogP contribution < -0.4 is 0 Å². The van der Waals surface area contributed by atoms with Crippen LogP contribution in [0.3, 0.4) is 0 Å². The molecule has 0 amide bonds. The third kappa shape index (κ3) is 2.60. The first-order valence-electron chi connectivity index (χ1n) is 6.47. The van der Waals surface area contributed by atoms with E-state index >= 15 is 0 Å². The van der Waals surface area contributed by atoms with E-state index in [0.29, 0.717) is 16.3 Å². The maximum Gasteiger partial charge on any atom is 0.245 e. The Kier molecular flexibility index (Phi) is 3.94. The Labute approximate surface area is 118 Å². The van der Waals surface area contributed by atoms with E-state index in [-0.39, 0.29) is 11.8 Å². The summed E-state index contributed by atoms with van der Waals surface area (Å²) in [5.74, 6) is 0.754. The summed E-state index contributed by atoms with van der Waals surface area (Å²) in [5.41, 5.74) is 0.711. The molecule has 0 aliphatic heterocycles. The summed E-state index contributed by atoms with van der Waals surface area (Å²) in [5, 5.41) is 2.96. The van der Waals surface area contributed by atoms with E-state index in [0.717, 1.165) is 0 Å². The summed E-state index contributed by atoms with van der Waals surface area (Å²) in [6.07, 6.45) is 0. The third-order valence-corrected chi connectivity index (χ3v) is 5.39. The molecule has 0 radical (unpaired) electrons. The molecular formula is C14H18N2O3S. The SMILES string of the molecule is Cc1ccccc1S(=O)(=O)C(C)c1nc(C(C)C)no1. The Morgan fingerprint density at radius 3 is 2.35 bits per heavy atom. The van der Waals surface area contributed by atoms with Crippen molar-refractivity contribution in [3.63, 3.8) is 0 Å². The van der Waals surface area contributed by atoms with Crippen molar-refractivity contribution in [1.29, 1.82) is 0 Å². The molecule has 1 atom stereocenters. The topological polar surface area (TPSA) is 73.1 Å². The van der Waals surface area contributed by atoms with Gasteiger partial charge in [0.1, 0.15) is 5.25 Å². The number of aryl methyl sites for hydroxylation is 1. The van der Waals surface area contributed by atoms with Crippen molar-refractivity contribution in [2.24, 2.45) is 0 Å². The maximum absolute atomic E-state index is 12.6. The fourth-order valence-electron chi connectivity index (χ4n) is 1.85. The van der Waals surface area contributed by atoms with Crippen molar-refractivity contribution < 1.29 is 12.9 Å². The Hall–Kier alpha value is -1.69. The van der Waals surface area contributed by atoms with Crippen LogP contribution in [0.25, 0.3) is 0 Å². The molecule has 1 aromatic heterocycles. The van der Waals surface area contributed by atoms with Crippen molar-refractivity contribution in [3.05, 3.63) is 41.5 Å². The van der Waals surface area contributed by atoms with Gasteiger partial charge in [0.05, 0.1) is 4.90 Å². The van der Waals surface area contributed by atoms with E-state index in [1.54, 1.807) is 32.0 Å². The Bertz CT molecular complexity index is 705. The molecule has 0 saturated heterocycles. The number of sulfone groups is 1. The number of rotatable bonds is 4. The lowest BCUT2D eigenvalue weighted by atomic mass is 10.2. The van der Waals surface area contributed by atoms with Crippen LogP contribution in [0, 0.1) is 6.92 Å². The molecule has 0 aliphatic rings. The van der Waals surface area contributed by atoms with E-state index in [1.165, 1.54) is 0 Å². The molecule has 108 valence electrons. The number of benzene rings is 1. The van der Waals surface area contributed by atoms with Gasteiger partial charge in [-0.25, -0.2) is 8.42 Å². The van der Waals surface area contributed by atoms with Crippen LogP contribution in [0.2, 0.25) is 0 Å². The van der Waals surface area contributed by atoms with Gasteiger partial charge in [0.2, 0.25) is 5.89 Å². The van der Waals surface area contributed by atoms with Gasteiger partial charge < -0.3 is 4.52 Å². The number of aromatic nitrogens is 2. The second kappa shape index (κ2) is 5.36. The van der Waals surface area contributed by atoms with E-state index in [9.17, 15) is 8.42 Å². The van der Waals surface area contributed by atoms with Crippen molar-refractivity contribution in [1.82, 2.24) is 10.1 Å². The first kappa shape index (κ1) is 14.7. The lowest BCUT2D eigenvalue weighted by Crippen LogP contribution is -2.12. The summed E-state index contributed by atoms with van der Waals surface area (Å²) in [7, 11) is -3.53. The van der Waals surface area contributed by atoms with E-state index in [1.807, 2.05) is 19.9 Å². The van der Waals surface area contributed by atoms with Crippen LogP contribution in [0.1, 0.15) is 49.2 Å². The molecule has 0 bridgehead atoms. The summed E-state index contributed by atoms with van der Waals surface area (Å²) >= 11 is 0. The molecule has 0 fully saturated rings. The normalized spacial score (nSPS) is 13.7. The highest BCUT2D eigenvalue weighted by atomic mass is 32.2. The van der Waals surface area contributed by atoms with Crippen molar-refractivity contribution >= 4 is 9.84 Å². The molecule has 6 heteroatoms. The molecule has 0 spiro atoms. The van der Waals surface area contributed by atoms with Crippen molar-refractivity contribution in [2.75, 3.05) is 0 Å². The summed E-state index contributed by atoms with van der Waals surface area (Å²) in [6.45, 7) is 7.19. The van der Waals surface area contributed by atoms with Crippen LogP contribution in [-0.4, -0.2) is 18.6 Å². The number of nitrogens with zero attached hydrogens (tertiary/aromatic N) is 2. The van der Waals surface area contributed by atoms with Gasteiger partial charge >= 0.3 is 0 Å². The predicted octanol–water partition coefficient (Wildman–Crippen LogP) is 3.04. The Morgan fingerprint density at radius 2 is 1.80 bits per heavy atom. The highest BCUT2D eigenvalue weighted by Crippen LogP contribution is 2.29. The fourth-order valence-corrected chi connectivity index (χ4v) is 3.37. The van der Waals surface area contributed by atoms with Crippen LogP contribution >= 0.6 is 0 Å². The van der Waals surface area contributed by atoms with Crippen LogP contribution in [-0.2, 0) is 9.84 Å². The first-order chi connectivity index (χ1) is 9.34. The van der Waals surface area contributed by atoms with Gasteiger partial charge in [-0.15, -0.1) is 0 Å². The quantitative estimate of drug-likeness (QED) is 0.866. The Morgan fingerprint density at radius 1 is 1.15 bits per heavy atom. The van der Waals surface area contributed by atoms with Crippen molar-refractivity contribution in [2.45, 2.75) is 43.8 Å². The molecule has 2 aromatic rings. The molecule has 0 N–H and O–H groups in total. The summed E-state index contributed by atoms with van der Waals surface area (Å²) < 4.78 is 30.3. The van der Waals surface area contributed by atoms with Gasteiger partial charge in [-0.05, 0) is 25.5 Å². The van der Waals surface area contributed by atoms with E-state index in [4.69, 9.17) is 4.52 Å². The molecule has 20 heavy (non-hydrogen) atoms. The summed E-state index contributed by atoms with van der Waals surface area (Å²) in [4.78, 5) is 4.48. The molecule has 0 saturated carbocycles. The minimum atomic E-state index is -3.53. The molecular weight excluding hydrogens is 276 g/mol. The average Bonchev–Trinajstić information content (AvgIpc) is 2.87. The third-order valence-electron chi connectivity index (χ3n) is 3.19. The van der Waals surface area contributed by atoms with E-state index < -0.39 is 15.1 Å².